The van der Waals surface area contributed by atoms with Crippen molar-refractivity contribution < 1.29 is 14.3 Å². The lowest BCUT2D eigenvalue weighted by Crippen LogP contribution is -2.42. The Labute approximate surface area is 124 Å². The molecular formula is C15H21N3O3. The summed E-state index contributed by atoms with van der Waals surface area (Å²) in [6.45, 7) is 3.20. The van der Waals surface area contributed by atoms with Crippen molar-refractivity contribution in [3.05, 3.63) is 23.8 Å². The summed E-state index contributed by atoms with van der Waals surface area (Å²) in [5.74, 6) is 0.433. The SMILES string of the molecule is COc1cc(C(=O)NC(C)CN2CCCC2=O)ccc1N. The average molecular weight is 291 g/mol. The Morgan fingerprint density at radius 2 is 2.29 bits per heavy atom. The normalized spacial score (nSPS) is 15.9. The molecule has 0 aliphatic carbocycles. The molecule has 6 heteroatoms. The Hall–Kier alpha value is -2.24. The third kappa shape index (κ3) is 3.65. The van der Waals surface area contributed by atoms with E-state index in [2.05, 4.69) is 5.32 Å². The Morgan fingerprint density at radius 3 is 2.90 bits per heavy atom. The van der Waals surface area contributed by atoms with E-state index in [9.17, 15) is 9.59 Å². The van der Waals surface area contributed by atoms with Gasteiger partial charge in [-0.05, 0) is 31.5 Å². The minimum atomic E-state index is -0.201. The maximum Gasteiger partial charge on any atom is 0.251 e. The van der Waals surface area contributed by atoms with Crippen LogP contribution < -0.4 is 15.8 Å². The fourth-order valence-corrected chi connectivity index (χ4v) is 2.43. The van der Waals surface area contributed by atoms with Crippen molar-refractivity contribution in [1.29, 1.82) is 0 Å². The molecule has 3 N–H and O–H groups in total. The van der Waals surface area contributed by atoms with Crippen molar-refractivity contribution in [2.24, 2.45) is 0 Å². The molecule has 1 heterocycles. The molecule has 21 heavy (non-hydrogen) atoms. The van der Waals surface area contributed by atoms with Crippen molar-refractivity contribution in [3.63, 3.8) is 0 Å². The molecule has 1 aromatic carbocycles. The van der Waals surface area contributed by atoms with Gasteiger partial charge in [0, 0.05) is 31.1 Å². The van der Waals surface area contributed by atoms with Gasteiger partial charge in [-0.2, -0.15) is 0 Å². The van der Waals surface area contributed by atoms with Crippen LogP contribution in [-0.2, 0) is 4.79 Å². The van der Waals surface area contributed by atoms with E-state index in [-0.39, 0.29) is 17.9 Å². The van der Waals surface area contributed by atoms with E-state index in [4.69, 9.17) is 10.5 Å². The van der Waals surface area contributed by atoms with Gasteiger partial charge in [0.2, 0.25) is 5.91 Å². The van der Waals surface area contributed by atoms with Gasteiger partial charge in [0.15, 0.2) is 0 Å². The highest BCUT2D eigenvalue weighted by Crippen LogP contribution is 2.22. The van der Waals surface area contributed by atoms with Gasteiger partial charge in [-0.3, -0.25) is 9.59 Å². The lowest BCUT2D eigenvalue weighted by molar-refractivity contribution is -0.127. The molecule has 2 rings (SSSR count). The van der Waals surface area contributed by atoms with E-state index in [0.29, 0.717) is 30.0 Å². The zero-order valence-electron chi connectivity index (χ0n) is 12.4. The summed E-state index contributed by atoms with van der Waals surface area (Å²) < 4.78 is 5.10. The number of carbonyl (C=O) groups is 2. The minimum Gasteiger partial charge on any atom is -0.495 e. The fraction of sp³-hybridized carbons (Fsp3) is 0.467. The molecule has 0 aromatic heterocycles. The number of nitrogens with zero attached hydrogens (tertiary/aromatic N) is 1. The summed E-state index contributed by atoms with van der Waals surface area (Å²) in [7, 11) is 1.51. The number of anilines is 1. The second kappa shape index (κ2) is 6.47. The zero-order chi connectivity index (χ0) is 15.4. The van der Waals surface area contributed by atoms with E-state index >= 15 is 0 Å². The Balaban J connectivity index is 1.95. The number of rotatable bonds is 5. The Bertz CT molecular complexity index is 545. The number of nitrogens with two attached hydrogens (primary N) is 1. The minimum absolute atomic E-state index is 0.108. The second-order valence-corrected chi connectivity index (χ2v) is 5.27. The third-order valence-corrected chi connectivity index (χ3v) is 3.54. The quantitative estimate of drug-likeness (QED) is 0.793. The van der Waals surface area contributed by atoms with Crippen LogP contribution in [0.5, 0.6) is 5.75 Å². The number of methoxy groups -OCH3 is 1. The molecule has 1 aliphatic rings. The smallest absolute Gasteiger partial charge is 0.251 e. The number of likely N-dealkylation sites (tertiary alicyclic amines) is 1. The highest BCUT2D eigenvalue weighted by atomic mass is 16.5. The van der Waals surface area contributed by atoms with Crippen molar-refractivity contribution in [2.45, 2.75) is 25.8 Å². The Kier molecular flexibility index (Phi) is 4.67. The number of amides is 2. The number of carbonyl (C=O) groups excluding carboxylic acids is 2. The summed E-state index contributed by atoms with van der Waals surface area (Å²) in [5.41, 5.74) is 6.70. The first-order valence-electron chi connectivity index (χ1n) is 7.03. The van der Waals surface area contributed by atoms with Crippen LogP contribution in [0, 0.1) is 0 Å². The molecule has 0 spiro atoms. The molecule has 1 fully saturated rings. The highest BCUT2D eigenvalue weighted by Gasteiger charge is 2.22. The van der Waals surface area contributed by atoms with E-state index in [1.165, 1.54) is 7.11 Å². The molecule has 2 amide bonds. The summed E-state index contributed by atoms with van der Waals surface area (Å²) in [5, 5.41) is 2.89. The summed E-state index contributed by atoms with van der Waals surface area (Å²) in [4.78, 5) is 25.5. The number of hydrogen-bond donors (Lipinski definition) is 2. The average Bonchev–Trinajstić information content (AvgIpc) is 2.84. The number of nitrogen functional groups attached to an aromatic ring is 1. The summed E-state index contributed by atoms with van der Waals surface area (Å²) in [6, 6.07) is 4.80. The molecule has 1 aliphatic heterocycles. The molecule has 1 aromatic rings. The molecule has 6 nitrogen and oxygen atoms in total. The number of benzene rings is 1. The van der Waals surface area contributed by atoms with Gasteiger partial charge >= 0.3 is 0 Å². The van der Waals surface area contributed by atoms with Crippen LogP contribution in [0.25, 0.3) is 0 Å². The van der Waals surface area contributed by atoms with Gasteiger partial charge in [0.25, 0.3) is 5.91 Å². The van der Waals surface area contributed by atoms with E-state index in [1.54, 1.807) is 23.1 Å². The van der Waals surface area contributed by atoms with Crippen molar-refractivity contribution in [3.8, 4) is 5.75 Å². The highest BCUT2D eigenvalue weighted by molar-refractivity contribution is 5.95. The maximum absolute atomic E-state index is 12.2. The van der Waals surface area contributed by atoms with Gasteiger partial charge in [-0.25, -0.2) is 0 Å². The van der Waals surface area contributed by atoms with Crippen LogP contribution in [0.15, 0.2) is 18.2 Å². The van der Waals surface area contributed by atoms with Crippen LogP contribution in [0.1, 0.15) is 30.1 Å². The molecular weight excluding hydrogens is 270 g/mol. The van der Waals surface area contributed by atoms with Gasteiger partial charge in [0.1, 0.15) is 5.75 Å². The molecule has 1 atom stereocenters. The van der Waals surface area contributed by atoms with Crippen LogP contribution in [0.2, 0.25) is 0 Å². The lowest BCUT2D eigenvalue weighted by Gasteiger charge is -2.21. The monoisotopic (exact) mass is 291 g/mol. The number of hydrogen-bond acceptors (Lipinski definition) is 4. The fourth-order valence-electron chi connectivity index (χ4n) is 2.43. The van der Waals surface area contributed by atoms with Gasteiger partial charge in [0.05, 0.1) is 12.8 Å². The predicted molar refractivity (Wildman–Crippen MR) is 80.1 cm³/mol. The molecule has 0 saturated carbocycles. The lowest BCUT2D eigenvalue weighted by atomic mass is 10.1. The van der Waals surface area contributed by atoms with Gasteiger partial charge in [-0.1, -0.05) is 0 Å². The maximum atomic E-state index is 12.2. The largest absolute Gasteiger partial charge is 0.495 e. The second-order valence-electron chi connectivity index (χ2n) is 5.27. The van der Waals surface area contributed by atoms with E-state index in [1.807, 2.05) is 6.92 Å². The molecule has 0 bridgehead atoms. The van der Waals surface area contributed by atoms with Crippen molar-refractivity contribution >= 4 is 17.5 Å². The molecule has 0 radical (unpaired) electrons. The van der Waals surface area contributed by atoms with Gasteiger partial charge < -0.3 is 20.7 Å². The third-order valence-electron chi connectivity index (χ3n) is 3.54. The van der Waals surface area contributed by atoms with Gasteiger partial charge in [-0.15, -0.1) is 0 Å². The van der Waals surface area contributed by atoms with Crippen molar-refractivity contribution in [1.82, 2.24) is 10.2 Å². The topological polar surface area (TPSA) is 84.7 Å². The number of ether oxygens (including phenoxy) is 1. The van der Waals surface area contributed by atoms with Crippen LogP contribution >= 0.6 is 0 Å². The molecule has 1 unspecified atom stereocenters. The Morgan fingerprint density at radius 1 is 1.52 bits per heavy atom. The van der Waals surface area contributed by atoms with Crippen molar-refractivity contribution in [2.75, 3.05) is 25.9 Å². The molecule has 114 valence electrons. The summed E-state index contributed by atoms with van der Waals surface area (Å²) in [6.07, 6.45) is 1.50. The molecule has 1 saturated heterocycles. The first-order valence-corrected chi connectivity index (χ1v) is 7.03. The zero-order valence-corrected chi connectivity index (χ0v) is 12.4. The first-order chi connectivity index (χ1) is 10.0. The van der Waals surface area contributed by atoms with E-state index < -0.39 is 0 Å². The van der Waals surface area contributed by atoms with Crippen LogP contribution in [-0.4, -0.2) is 43.0 Å². The summed E-state index contributed by atoms with van der Waals surface area (Å²) >= 11 is 0. The first kappa shape index (κ1) is 15.2. The van der Waals surface area contributed by atoms with E-state index in [0.717, 1.165) is 13.0 Å². The van der Waals surface area contributed by atoms with Crippen LogP contribution in [0.3, 0.4) is 0 Å². The standard InChI is InChI=1S/C15H21N3O3/c1-10(9-18-7-3-4-14(18)19)17-15(20)11-5-6-12(16)13(8-11)21-2/h5-6,8,10H,3-4,7,9,16H2,1-2H3,(H,17,20). The predicted octanol–water partition coefficient (Wildman–Crippen LogP) is 1.02. The van der Waals surface area contributed by atoms with Crippen LogP contribution in [0.4, 0.5) is 5.69 Å². The number of nitrogens with one attached hydrogen (secondary N) is 1.